The Morgan fingerprint density at radius 1 is 1.11 bits per heavy atom. The van der Waals surface area contributed by atoms with Crippen molar-refractivity contribution >= 4 is 22.4 Å². The van der Waals surface area contributed by atoms with E-state index < -0.39 is 0 Å². The van der Waals surface area contributed by atoms with E-state index in [-0.39, 0.29) is 11.6 Å². The maximum Gasteiger partial charge on any atom is 0.178 e. The number of hydrogen-bond acceptors (Lipinski definition) is 4. The number of H-pyrrole nitrogens is 1. The van der Waals surface area contributed by atoms with Gasteiger partial charge in [-0.15, -0.1) is 0 Å². The van der Waals surface area contributed by atoms with E-state index in [1.54, 1.807) is 25.4 Å². The van der Waals surface area contributed by atoms with Crippen LogP contribution in [-0.4, -0.2) is 55.5 Å². The number of ketones is 1. The van der Waals surface area contributed by atoms with Crippen LogP contribution in [0, 0.1) is 5.82 Å². The van der Waals surface area contributed by atoms with Crippen LogP contribution in [0.4, 0.5) is 10.1 Å². The number of ether oxygens (including phenoxy) is 1. The van der Waals surface area contributed by atoms with Gasteiger partial charge in [-0.25, -0.2) is 4.39 Å². The van der Waals surface area contributed by atoms with Crippen LogP contribution in [0.5, 0.6) is 5.75 Å². The quantitative estimate of drug-likeness (QED) is 0.703. The molecule has 6 heteroatoms. The second-order valence-corrected chi connectivity index (χ2v) is 6.78. The number of fused-ring (bicyclic) bond motifs is 1. The number of Topliss-reactive ketones (excluding diaryl/α,β-unsaturated/α-hetero) is 1. The van der Waals surface area contributed by atoms with E-state index >= 15 is 0 Å². The number of aromatic amines is 1. The first-order valence-electron chi connectivity index (χ1n) is 9.05. The lowest BCUT2D eigenvalue weighted by molar-refractivity contribution is 0.0928. The highest BCUT2D eigenvalue weighted by molar-refractivity contribution is 6.09. The fraction of sp³-hybridized carbons (Fsp3) is 0.286. The number of nitrogens with one attached hydrogen (secondary N) is 1. The topological polar surface area (TPSA) is 48.6 Å². The Morgan fingerprint density at radius 3 is 2.56 bits per heavy atom. The van der Waals surface area contributed by atoms with Crippen LogP contribution in [0.1, 0.15) is 10.4 Å². The predicted octanol–water partition coefficient (Wildman–Crippen LogP) is 3.32. The third-order valence-electron chi connectivity index (χ3n) is 5.12. The Morgan fingerprint density at radius 2 is 1.85 bits per heavy atom. The average molecular weight is 367 g/mol. The molecular formula is C21H22FN3O2. The molecule has 1 aliphatic heterocycles. The van der Waals surface area contributed by atoms with Gasteiger partial charge in [0.25, 0.3) is 0 Å². The van der Waals surface area contributed by atoms with Crippen molar-refractivity contribution in [3.05, 3.63) is 60.0 Å². The van der Waals surface area contributed by atoms with Crippen molar-refractivity contribution in [1.82, 2.24) is 9.88 Å². The highest BCUT2D eigenvalue weighted by Gasteiger charge is 2.21. The van der Waals surface area contributed by atoms with Gasteiger partial charge in [-0.1, -0.05) is 0 Å². The van der Waals surface area contributed by atoms with Crippen LogP contribution in [0.2, 0.25) is 0 Å². The Bertz CT molecular complexity index is 944. The van der Waals surface area contributed by atoms with Gasteiger partial charge >= 0.3 is 0 Å². The van der Waals surface area contributed by atoms with Gasteiger partial charge in [0.2, 0.25) is 0 Å². The Labute approximate surface area is 157 Å². The second-order valence-electron chi connectivity index (χ2n) is 6.78. The van der Waals surface area contributed by atoms with Gasteiger partial charge in [0.15, 0.2) is 5.78 Å². The summed E-state index contributed by atoms with van der Waals surface area (Å²) in [5, 5.41) is 0.922. The first kappa shape index (κ1) is 17.5. The molecule has 4 rings (SSSR count). The SMILES string of the molecule is COc1ccc2c(C(=O)CN3CCN(c4ccc(F)cc4)CC3)c[nH]c2c1. The Hall–Kier alpha value is -2.86. The van der Waals surface area contributed by atoms with Gasteiger partial charge in [0, 0.05) is 60.6 Å². The Balaban J connectivity index is 1.39. The normalized spacial score (nSPS) is 15.3. The van der Waals surface area contributed by atoms with E-state index in [1.807, 2.05) is 18.2 Å². The molecule has 0 unspecified atom stereocenters. The molecule has 1 aliphatic rings. The van der Waals surface area contributed by atoms with Crippen molar-refractivity contribution in [2.45, 2.75) is 0 Å². The number of carbonyl (C=O) groups excluding carboxylic acids is 1. The van der Waals surface area contributed by atoms with Crippen LogP contribution in [0.15, 0.2) is 48.7 Å². The van der Waals surface area contributed by atoms with Crippen molar-refractivity contribution < 1.29 is 13.9 Å². The molecule has 0 spiro atoms. The van der Waals surface area contributed by atoms with Gasteiger partial charge in [0.1, 0.15) is 11.6 Å². The minimum Gasteiger partial charge on any atom is -0.497 e. The first-order valence-corrected chi connectivity index (χ1v) is 9.05. The smallest absolute Gasteiger partial charge is 0.178 e. The van der Waals surface area contributed by atoms with E-state index in [0.29, 0.717) is 12.1 Å². The van der Waals surface area contributed by atoms with Crippen LogP contribution >= 0.6 is 0 Å². The van der Waals surface area contributed by atoms with Gasteiger partial charge in [-0.3, -0.25) is 9.69 Å². The zero-order valence-corrected chi connectivity index (χ0v) is 15.2. The van der Waals surface area contributed by atoms with E-state index in [0.717, 1.165) is 48.5 Å². The van der Waals surface area contributed by atoms with Crippen LogP contribution in [-0.2, 0) is 0 Å². The van der Waals surface area contributed by atoms with Gasteiger partial charge in [0.05, 0.1) is 13.7 Å². The summed E-state index contributed by atoms with van der Waals surface area (Å²) >= 11 is 0. The molecule has 0 aliphatic carbocycles. The number of benzene rings is 2. The summed E-state index contributed by atoms with van der Waals surface area (Å²) in [7, 11) is 1.63. The zero-order valence-electron chi connectivity index (χ0n) is 15.2. The lowest BCUT2D eigenvalue weighted by Crippen LogP contribution is -2.48. The number of piperazine rings is 1. The minimum atomic E-state index is -0.223. The molecule has 1 aromatic heterocycles. The number of halogens is 1. The summed E-state index contributed by atoms with van der Waals surface area (Å²) in [5.74, 6) is 0.654. The Kier molecular flexibility index (Phi) is 4.81. The number of hydrogen-bond donors (Lipinski definition) is 1. The fourth-order valence-electron chi connectivity index (χ4n) is 3.57. The van der Waals surface area contributed by atoms with E-state index in [1.165, 1.54) is 12.1 Å². The second kappa shape index (κ2) is 7.40. The lowest BCUT2D eigenvalue weighted by Gasteiger charge is -2.35. The molecule has 1 fully saturated rings. The molecule has 3 aromatic rings. The molecule has 27 heavy (non-hydrogen) atoms. The molecule has 1 N–H and O–H groups in total. The molecule has 0 amide bonds. The monoisotopic (exact) mass is 367 g/mol. The standard InChI is InChI=1S/C21H22FN3O2/c1-27-17-6-7-18-19(13-23-20(18)12-17)21(26)14-24-8-10-25(11-9-24)16-4-2-15(22)3-5-16/h2-7,12-13,23H,8-11,14H2,1H3. The minimum absolute atomic E-state index is 0.113. The van der Waals surface area contributed by atoms with Gasteiger partial charge in [-0.05, 0) is 36.4 Å². The number of rotatable bonds is 5. The molecule has 140 valence electrons. The molecular weight excluding hydrogens is 345 g/mol. The molecule has 0 atom stereocenters. The highest BCUT2D eigenvalue weighted by Crippen LogP contribution is 2.24. The summed E-state index contributed by atoms with van der Waals surface area (Å²) in [6.45, 7) is 3.66. The summed E-state index contributed by atoms with van der Waals surface area (Å²) < 4.78 is 18.3. The first-order chi connectivity index (χ1) is 13.1. The van der Waals surface area contributed by atoms with E-state index in [2.05, 4.69) is 14.8 Å². The van der Waals surface area contributed by atoms with Crippen molar-refractivity contribution in [3.8, 4) is 5.75 Å². The molecule has 2 heterocycles. The molecule has 0 radical (unpaired) electrons. The number of carbonyl (C=O) groups is 1. The molecule has 0 saturated carbocycles. The van der Waals surface area contributed by atoms with Crippen molar-refractivity contribution in [1.29, 1.82) is 0 Å². The molecule has 5 nitrogen and oxygen atoms in total. The van der Waals surface area contributed by atoms with E-state index in [9.17, 15) is 9.18 Å². The number of aromatic nitrogens is 1. The van der Waals surface area contributed by atoms with Crippen molar-refractivity contribution in [2.24, 2.45) is 0 Å². The number of nitrogens with zero attached hydrogens (tertiary/aromatic N) is 2. The molecule has 1 saturated heterocycles. The van der Waals surface area contributed by atoms with Crippen molar-refractivity contribution in [3.63, 3.8) is 0 Å². The molecule has 2 aromatic carbocycles. The summed E-state index contributed by atoms with van der Waals surface area (Å²) in [6.07, 6.45) is 1.78. The summed E-state index contributed by atoms with van der Waals surface area (Å²) in [6, 6.07) is 12.3. The van der Waals surface area contributed by atoms with Gasteiger partial charge < -0.3 is 14.6 Å². The highest BCUT2D eigenvalue weighted by atomic mass is 19.1. The number of methoxy groups -OCH3 is 1. The third-order valence-corrected chi connectivity index (χ3v) is 5.12. The van der Waals surface area contributed by atoms with Crippen LogP contribution < -0.4 is 9.64 Å². The van der Waals surface area contributed by atoms with Gasteiger partial charge in [-0.2, -0.15) is 0 Å². The molecule has 0 bridgehead atoms. The maximum absolute atomic E-state index is 13.1. The number of anilines is 1. The largest absolute Gasteiger partial charge is 0.497 e. The van der Waals surface area contributed by atoms with Crippen LogP contribution in [0.3, 0.4) is 0 Å². The predicted molar refractivity (Wildman–Crippen MR) is 104 cm³/mol. The summed E-state index contributed by atoms with van der Waals surface area (Å²) in [5.41, 5.74) is 2.64. The fourth-order valence-corrected chi connectivity index (χ4v) is 3.57. The summed E-state index contributed by atoms with van der Waals surface area (Å²) in [4.78, 5) is 20.3. The average Bonchev–Trinajstić information content (AvgIpc) is 3.12. The third kappa shape index (κ3) is 3.66. The zero-order chi connectivity index (χ0) is 18.8. The maximum atomic E-state index is 13.1. The van der Waals surface area contributed by atoms with Crippen molar-refractivity contribution in [2.75, 3.05) is 44.7 Å². The lowest BCUT2D eigenvalue weighted by atomic mass is 10.1. The van der Waals surface area contributed by atoms with Crippen LogP contribution in [0.25, 0.3) is 10.9 Å². The van der Waals surface area contributed by atoms with E-state index in [4.69, 9.17) is 4.74 Å².